The summed E-state index contributed by atoms with van der Waals surface area (Å²) < 4.78 is 42.9. The van der Waals surface area contributed by atoms with E-state index in [9.17, 15) is 18.0 Å². The maximum atomic E-state index is 13.1. The molecular weight excluding hydrogens is 223 g/mol. The molecule has 0 N–H and O–H groups in total. The summed E-state index contributed by atoms with van der Waals surface area (Å²) in [4.78, 5) is 14.9. The van der Waals surface area contributed by atoms with Crippen LogP contribution in [0.25, 0.3) is 0 Å². The molecule has 0 atom stereocenters. The van der Waals surface area contributed by atoms with Gasteiger partial charge in [-0.1, -0.05) is 0 Å². The van der Waals surface area contributed by atoms with Crippen molar-refractivity contribution >= 4 is 5.97 Å². The number of aryl methyl sites for hydroxylation is 1. The first-order chi connectivity index (χ1) is 7.49. The Morgan fingerprint density at radius 3 is 2.69 bits per heavy atom. The zero-order chi connectivity index (χ0) is 12.3. The van der Waals surface area contributed by atoms with Crippen LogP contribution in [0.5, 0.6) is 0 Å². The molecule has 16 heavy (non-hydrogen) atoms. The van der Waals surface area contributed by atoms with E-state index in [1.807, 2.05) is 0 Å². The van der Waals surface area contributed by atoms with Gasteiger partial charge >= 0.3 is 5.97 Å². The molecule has 1 heterocycles. The molecule has 0 saturated carbocycles. The number of hydrogen-bond acceptors (Lipinski definition) is 3. The van der Waals surface area contributed by atoms with Crippen molar-refractivity contribution in [2.24, 2.45) is 0 Å². The minimum absolute atomic E-state index is 0.0233. The summed E-state index contributed by atoms with van der Waals surface area (Å²) in [6.45, 7) is 2.90. The quantitative estimate of drug-likeness (QED) is 0.753. The van der Waals surface area contributed by atoms with Crippen LogP contribution in [0.2, 0.25) is 0 Å². The van der Waals surface area contributed by atoms with Gasteiger partial charge in [-0.2, -0.15) is 0 Å². The van der Waals surface area contributed by atoms with Gasteiger partial charge in [-0.3, -0.25) is 4.98 Å². The second kappa shape index (κ2) is 4.96. The Balaban J connectivity index is 3.34. The standard InChI is InChI=1S/C10H10F3NO2/c1-3-16-10(15)7-5(2)14-4-6(11)8(7)9(12)13/h4,9H,3H2,1-2H3. The van der Waals surface area contributed by atoms with E-state index in [-0.39, 0.29) is 12.3 Å². The van der Waals surface area contributed by atoms with Gasteiger partial charge in [0.2, 0.25) is 0 Å². The maximum Gasteiger partial charge on any atom is 0.340 e. The fourth-order valence-electron chi connectivity index (χ4n) is 1.28. The van der Waals surface area contributed by atoms with Gasteiger partial charge in [-0.15, -0.1) is 0 Å². The van der Waals surface area contributed by atoms with Crippen LogP contribution in [0, 0.1) is 12.7 Å². The minimum Gasteiger partial charge on any atom is -0.462 e. The average Bonchev–Trinajstić information content (AvgIpc) is 2.20. The van der Waals surface area contributed by atoms with Crippen LogP contribution >= 0.6 is 0 Å². The van der Waals surface area contributed by atoms with Gasteiger partial charge in [0, 0.05) is 0 Å². The first-order valence-corrected chi connectivity index (χ1v) is 4.59. The van der Waals surface area contributed by atoms with Crippen molar-refractivity contribution in [1.29, 1.82) is 0 Å². The van der Waals surface area contributed by atoms with E-state index >= 15 is 0 Å². The number of nitrogens with zero attached hydrogens (tertiary/aromatic N) is 1. The molecular formula is C10H10F3NO2. The first-order valence-electron chi connectivity index (χ1n) is 4.59. The van der Waals surface area contributed by atoms with Gasteiger partial charge in [-0.25, -0.2) is 18.0 Å². The van der Waals surface area contributed by atoms with Gasteiger partial charge in [0.15, 0.2) is 5.82 Å². The number of hydrogen-bond donors (Lipinski definition) is 0. The summed E-state index contributed by atoms with van der Waals surface area (Å²) >= 11 is 0. The lowest BCUT2D eigenvalue weighted by molar-refractivity contribution is 0.0511. The van der Waals surface area contributed by atoms with E-state index in [1.165, 1.54) is 13.8 Å². The topological polar surface area (TPSA) is 39.2 Å². The zero-order valence-corrected chi connectivity index (χ0v) is 8.76. The van der Waals surface area contributed by atoms with Gasteiger partial charge < -0.3 is 4.74 Å². The molecule has 3 nitrogen and oxygen atoms in total. The van der Waals surface area contributed by atoms with Crippen LogP contribution in [0.4, 0.5) is 13.2 Å². The molecule has 0 unspecified atom stereocenters. The highest BCUT2D eigenvalue weighted by Crippen LogP contribution is 2.27. The predicted molar refractivity (Wildman–Crippen MR) is 49.8 cm³/mol. The van der Waals surface area contributed by atoms with Gasteiger partial charge in [0.05, 0.1) is 29.6 Å². The third-order valence-electron chi connectivity index (χ3n) is 1.96. The van der Waals surface area contributed by atoms with Crippen molar-refractivity contribution in [2.45, 2.75) is 20.3 Å². The summed E-state index contributed by atoms with van der Waals surface area (Å²) in [5.74, 6) is -2.19. The van der Waals surface area contributed by atoms with Gasteiger partial charge in [-0.05, 0) is 13.8 Å². The Morgan fingerprint density at radius 1 is 1.56 bits per heavy atom. The van der Waals surface area contributed by atoms with E-state index in [2.05, 4.69) is 9.72 Å². The minimum atomic E-state index is -3.08. The second-order valence-electron chi connectivity index (χ2n) is 3.00. The zero-order valence-electron chi connectivity index (χ0n) is 8.76. The van der Waals surface area contributed by atoms with E-state index in [0.717, 1.165) is 0 Å². The number of carbonyl (C=O) groups excluding carboxylic acids is 1. The van der Waals surface area contributed by atoms with Crippen molar-refractivity contribution in [3.63, 3.8) is 0 Å². The van der Waals surface area contributed by atoms with E-state index in [0.29, 0.717) is 6.20 Å². The Bertz CT molecular complexity index is 407. The number of halogens is 3. The van der Waals surface area contributed by atoms with Crippen molar-refractivity contribution < 1.29 is 22.7 Å². The fourth-order valence-corrected chi connectivity index (χ4v) is 1.28. The number of aromatic nitrogens is 1. The molecule has 0 aliphatic rings. The lowest BCUT2D eigenvalue weighted by Gasteiger charge is -2.10. The van der Waals surface area contributed by atoms with Crippen molar-refractivity contribution in [3.8, 4) is 0 Å². The monoisotopic (exact) mass is 233 g/mol. The van der Waals surface area contributed by atoms with Crippen LogP contribution in [-0.2, 0) is 4.74 Å². The molecule has 0 bridgehead atoms. The van der Waals surface area contributed by atoms with Crippen LogP contribution in [0.15, 0.2) is 6.20 Å². The summed E-state index contributed by atoms with van der Waals surface area (Å²) in [7, 11) is 0. The highest BCUT2D eigenvalue weighted by atomic mass is 19.3. The lowest BCUT2D eigenvalue weighted by Crippen LogP contribution is -2.13. The second-order valence-corrected chi connectivity index (χ2v) is 3.00. The first kappa shape index (κ1) is 12.5. The van der Waals surface area contributed by atoms with Crippen LogP contribution in [0.1, 0.15) is 35.0 Å². The summed E-state index contributed by atoms with van der Waals surface area (Å²) in [5.41, 5.74) is -1.42. The molecule has 0 radical (unpaired) electrons. The SMILES string of the molecule is CCOC(=O)c1c(C)ncc(F)c1C(F)F. The third kappa shape index (κ3) is 2.32. The Kier molecular flexibility index (Phi) is 3.87. The summed E-state index contributed by atoms with van der Waals surface area (Å²) in [6, 6.07) is 0. The highest BCUT2D eigenvalue weighted by molar-refractivity contribution is 5.92. The molecule has 88 valence electrons. The van der Waals surface area contributed by atoms with Gasteiger partial charge in [0.25, 0.3) is 6.43 Å². The van der Waals surface area contributed by atoms with Crippen LogP contribution < -0.4 is 0 Å². The molecule has 0 amide bonds. The number of carbonyl (C=O) groups is 1. The Labute approximate surface area is 90.2 Å². The van der Waals surface area contributed by atoms with Gasteiger partial charge in [0.1, 0.15) is 0 Å². The molecule has 1 aromatic rings. The average molecular weight is 233 g/mol. The van der Waals surface area contributed by atoms with Crippen molar-refractivity contribution in [3.05, 3.63) is 28.8 Å². The van der Waals surface area contributed by atoms with Crippen LogP contribution in [-0.4, -0.2) is 17.6 Å². The third-order valence-corrected chi connectivity index (χ3v) is 1.96. The van der Waals surface area contributed by atoms with Crippen LogP contribution in [0.3, 0.4) is 0 Å². The molecule has 0 aliphatic carbocycles. The molecule has 0 spiro atoms. The van der Waals surface area contributed by atoms with E-state index in [4.69, 9.17) is 0 Å². The Morgan fingerprint density at radius 2 is 2.19 bits per heavy atom. The number of esters is 1. The summed E-state index contributed by atoms with van der Waals surface area (Å²) in [5, 5.41) is 0. The fraction of sp³-hybridized carbons (Fsp3) is 0.400. The number of pyridine rings is 1. The molecule has 0 fully saturated rings. The predicted octanol–water partition coefficient (Wildman–Crippen LogP) is 2.64. The summed E-state index contributed by atoms with van der Waals surface area (Å²) in [6.07, 6.45) is -2.42. The normalized spacial score (nSPS) is 10.6. The molecule has 0 aliphatic heterocycles. The molecule has 6 heteroatoms. The van der Waals surface area contributed by atoms with E-state index < -0.39 is 29.3 Å². The largest absolute Gasteiger partial charge is 0.462 e. The lowest BCUT2D eigenvalue weighted by atomic mass is 10.1. The molecule has 1 rings (SSSR count). The number of rotatable bonds is 3. The molecule has 1 aromatic heterocycles. The molecule has 0 saturated heterocycles. The van der Waals surface area contributed by atoms with Crippen molar-refractivity contribution in [2.75, 3.05) is 6.61 Å². The Hall–Kier alpha value is -1.59. The smallest absolute Gasteiger partial charge is 0.340 e. The molecule has 0 aromatic carbocycles. The number of ether oxygens (including phenoxy) is 1. The highest BCUT2D eigenvalue weighted by Gasteiger charge is 2.26. The van der Waals surface area contributed by atoms with E-state index in [1.54, 1.807) is 0 Å². The maximum absolute atomic E-state index is 13.1. The van der Waals surface area contributed by atoms with Crippen molar-refractivity contribution in [1.82, 2.24) is 4.98 Å². The number of alkyl halides is 2.